The first-order chi connectivity index (χ1) is 7.10. The van der Waals surface area contributed by atoms with Crippen LogP contribution in [0.15, 0.2) is 10.9 Å². The average Bonchev–Trinajstić information content (AvgIpc) is 2.20. The highest BCUT2D eigenvalue weighted by atomic mass is 19.3. The van der Waals surface area contributed by atoms with Gasteiger partial charge in [0.2, 0.25) is 0 Å². The summed E-state index contributed by atoms with van der Waals surface area (Å²) >= 11 is 0. The molecule has 0 saturated heterocycles. The van der Waals surface area contributed by atoms with Crippen LogP contribution in [-0.2, 0) is 6.42 Å². The van der Waals surface area contributed by atoms with Gasteiger partial charge in [0, 0.05) is 5.56 Å². The van der Waals surface area contributed by atoms with Gasteiger partial charge in [-0.1, -0.05) is 0 Å². The topological polar surface area (TPSA) is 80.4 Å². The summed E-state index contributed by atoms with van der Waals surface area (Å²) in [6.45, 7) is 0. The molecule has 0 amide bonds. The van der Waals surface area contributed by atoms with Crippen molar-refractivity contribution in [3.05, 3.63) is 33.2 Å². The van der Waals surface area contributed by atoms with E-state index in [1.165, 1.54) is 6.07 Å². The second-order valence-electron chi connectivity index (χ2n) is 2.70. The Morgan fingerprint density at radius 1 is 1.47 bits per heavy atom. The maximum atomic E-state index is 12.4. The molecule has 0 aliphatic carbocycles. The molecule has 76 valence electrons. The summed E-state index contributed by atoms with van der Waals surface area (Å²) in [5, 5.41) is 16.8. The van der Waals surface area contributed by atoms with E-state index in [9.17, 15) is 13.6 Å². The van der Waals surface area contributed by atoms with Crippen molar-refractivity contribution in [2.24, 2.45) is 0 Å². The Morgan fingerprint density at radius 2 is 2.13 bits per heavy atom. The number of alkyl halides is 2. The van der Waals surface area contributed by atoms with Gasteiger partial charge < -0.3 is 4.98 Å². The zero-order valence-corrected chi connectivity index (χ0v) is 7.42. The summed E-state index contributed by atoms with van der Waals surface area (Å²) < 4.78 is 24.8. The number of pyridine rings is 1. The van der Waals surface area contributed by atoms with E-state index in [0.717, 1.165) is 6.07 Å². The Balaban J connectivity index is 3.40. The lowest BCUT2D eigenvalue weighted by Gasteiger charge is -2.03. The van der Waals surface area contributed by atoms with Crippen molar-refractivity contribution in [2.45, 2.75) is 12.8 Å². The summed E-state index contributed by atoms with van der Waals surface area (Å²) in [6.07, 6.45) is -3.12. The fourth-order valence-electron chi connectivity index (χ4n) is 1.07. The molecule has 0 fully saturated rings. The third-order valence-corrected chi connectivity index (χ3v) is 1.76. The quantitative estimate of drug-likeness (QED) is 0.795. The van der Waals surface area contributed by atoms with Crippen LogP contribution >= 0.6 is 0 Å². The van der Waals surface area contributed by atoms with Crippen molar-refractivity contribution >= 4 is 0 Å². The summed E-state index contributed by atoms with van der Waals surface area (Å²) in [7, 11) is 0. The smallest absolute Gasteiger partial charge is 0.266 e. The van der Waals surface area contributed by atoms with E-state index >= 15 is 0 Å². The van der Waals surface area contributed by atoms with Crippen LogP contribution in [0.25, 0.3) is 0 Å². The van der Waals surface area contributed by atoms with Crippen molar-refractivity contribution < 1.29 is 8.78 Å². The number of H-pyrrole nitrogens is 1. The molecule has 0 saturated carbocycles. The molecule has 4 nitrogen and oxygen atoms in total. The maximum absolute atomic E-state index is 12.4. The number of aromatic nitrogens is 1. The Hall–Kier alpha value is -2.21. The normalized spacial score (nSPS) is 9.67. The van der Waals surface area contributed by atoms with Crippen molar-refractivity contribution in [3.8, 4) is 12.1 Å². The SMILES string of the molecule is N#CCc1cc(C(F)F)c(C#N)[nH]c1=O. The Bertz CT molecular complexity index is 508. The number of nitrogens with zero attached hydrogens (tertiary/aromatic N) is 2. The summed E-state index contributed by atoms with van der Waals surface area (Å²) in [5.74, 6) is 0. The largest absolute Gasteiger partial charge is 0.313 e. The van der Waals surface area contributed by atoms with Gasteiger partial charge >= 0.3 is 0 Å². The first-order valence-corrected chi connectivity index (χ1v) is 3.91. The van der Waals surface area contributed by atoms with Gasteiger partial charge in [0.1, 0.15) is 11.8 Å². The second kappa shape index (κ2) is 4.34. The van der Waals surface area contributed by atoms with Crippen molar-refractivity contribution in [3.63, 3.8) is 0 Å². The van der Waals surface area contributed by atoms with Gasteiger partial charge in [-0.05, 0) is 6.07 Å². The predicted octanol–water partition coefficient (Wildman–Crippen LogP) is 1.25. The highest BCUT2D eigenvalue weighted by molar-refractivity contribution is 5.35. The van der Waals surface area contributed by atoms with Crippen molar-refractivity contribution in [2.75, 3.05) is 0 Å². The maximum Gasteiger partial charge on any atom is 0.266 e. The van der Waals surface area contributed by atoms with E-state index in [4.69, 9.17) is 10.5 Å². The van der Waals surface area contributed by atoms with Crippen LogP contribution in [0.1, 0.15) is 23.2 Å². The van der Waals surface area contributed by atoms with E-state index in [-0.39, 0.29) is 12.0 Å². The third-order valence-electron chi connectivity index (χ3n) is 1.76. The van der Waals surface area contributed by atoms with Gasteiger partial charge in [0.15, 0.2) is 0 Å². The van der Waals surface area contributed by atoms with Gasteiger partial charge in [0.05, 0.1) is 18.1 Å². The molecule has 6 heteroatoms. The molecule has 0 aliphatic rings. The number of halogens is 2. The lowest BCUT2D eigenvalue weighted by molar-refractivity contribution is 0.150. The summed E-state index contributed by atoms with van der Waals surface area (Å²) in [4.78, 5) is 13.2. The zero-order chi connectivity index (χ0) is 11.4. The number of aromatic amines is 1. The molecule has 1 aromatic rings. The molecule has 0 atom stereocenters. The number of hydrogen-bond donors (Lipinski definition) is 1. The lowest BCUT2D eigenvalue weighted by Crippen LogP contribution is -2.15. The van der Waals surface area contributed by atoms with E-state index < -0.39 is 23.2 Å². The van der Waals surface area contributed by atoms with E-state index in [1.807, 2.05) is 4.98 Å². The predicted molar refractivity (Wildman–Crippen MR) is 46.1 cm³/mol. The van der Waals surface area contributed by atoms with Gasteiger partial charge in [-0.25, -0.2) is 8.78 Å². The first kappa shape index (κ1) is 10.9. The van der Waals surface area contributed by atoms with Gasteiger partial charge in [-0.2, -0.15) is 10.5 Å². The van der Waals surface area contributed by atoms with Gasteiger partial charge in [-0.15, -0.1) is 0 Å². The van der Waals surface area contributed by atoms with Crippen LogP contribution in [-0.4, -0.2) is 4.98 Å². The fraction of sp³-hybridized carbons (Fsp3) is 0.222. The molecule has 1 rings (SSSR count). The molecule has 1 aromatic heterocycles. The highest BCUT2D eigenvalue weighted by Gasteiger charge is 2.16. The van der Waals surface area contributed by atoms with Crippen LogP contribution in [0.3, 0.4) is 0 Å². The Morgan fingerprint density at radius 3 is 2.60 bits per heavy atom. The number of hydrogen-bond acceptors (Lipinski definition) is 3. The van der Waals surface area contributed by atoms with Crippen LogP contribution in [0, 0.1) is 22.7 Å². The number of rotatable bonds is 2. The van der Waals surface area contributed by atoms with Crippen molar-refractivity contribution in [1.29, 1.82) is 10.5 Å². The number of nitrogens with one attached hydrogen (secondary N) is 1. The van der Waals surface area contributed by atoms with Crippen LogP contribution in [0.5, 0.6) is 0 Å². The van der Waals surface area contributed by atoms with Gasteiger partial charge in [0.25, 0.3) is 12.0 Å². The zero-order valence-electron chi connectivity index (χ0n) is 7.42. The molecule has 0 unspecified atom stereocenters. The molecular weight excluding hydrogens is 204 g/mol. The molecule has 0 spiro atoms. The molecule has 15 heavy (non-hydrogen) atoms. The lowest BCUT2D eigenvalue weighted by atomic mass is 10.1. The van der Waals surface area contributed by atoms with E-state index in [1.54, 1.807) is 6.07 Å². The molecule has 0 aromatic carbocycles. The minimum absolute atomic E-state index is 0.0631. The Kier molecular flexibility index (Phi) is 3.14. The fourth-order valence-corrected chi connectivity index (χ4v) is 1.07. The molecule has 0 aliphatic heterocycles. The Labute approximate surface area is 83.4 Å². The highest BCUT2D eigenvalue weighted by Crippen LogP contribution is 2.20. The molecule has 1 heterocycles. The minimum Gasteiger partial charge on any atom is -0.313 e. The van der Waals surface area contributed by atoms with Crippen LogP contribution < -0.4 is 5.56 Å². The third kappa shape index (κ3) is 2.18. The standard InChI is InChI=1S/C9H5F2N3O/c10-8(11)6-3-5(1-2-12)9(15)14-7(6)4-13/h3,8H,1H2,(H,14,15). The monoisotopic (exact) mass is 209 g/mol. The molecular formula is C9H5F2N3O. The molecule has 0 radical (unpaired) electrons. The van der Waals surface area contributed by atoms with Gasteiger partial charge in [-0.3, -0.25) is 4.79 Å². The summed E-state index contributed by atoms with van der Waals surface area (Å²) in [6, 6.07) is 4.04. The molecule has 0 bridgehead atoms. The van der Waals surface area contributed by atoms with Crippen LogP contribution in [0.4, 0.5) is 8.78 Å². The molecule has 1 N–H and O–H groups in total. The van der Waals surface area contributed by atoms with E-state index in [2.05, 4.69) is 0 Å². The number of nitriles is 2. The second-order valence-corrected chi connectivity index (χ2v) is 2.70. The summed E-state index contributed by atoms with van der Waals surface area (Å²) in [5.41, 5.74) is -1.76. The first-order valence-electron chi connectivity index (χ1n) is 3.91. The van der Waals surface area contributed by atoms with Crippen molar-refractivity contribution in [1.82, 2.24) is 4.98 Å². The minimum atomic E-state index is -2.85. The van der Waals surface area contributed by atoms with E-state index in [0.29, 0.717) is 0 Å². The average molecular weight is 209 g/mol. The van der Waals surface area contributed by atoms with Crippen LogP contribution in [0.2, 0.25) is 0 Å².